The summed E-state index contributed by atoms with van der Waals surface area (Å²) in [5.41, 5.74) is 2.13. The number of rotatable bonds is 10. The number of benzene rings is 2. The van der Waals surface area contributed by atoms with Gasteiger partial charge in [0, 0.05) is 25.1 Å². The summed E-state index contributed by atoms with van der Waals surface area (Å²) in [6, 6.07) is 17.8. The number of aromatic nitrogens is 3. The number of hydrogen-bond donors (Lipinski definition) is 2. The molecule has 0 aliphatic heterocycles. The zero-order valence-electron chi connectivity index (χ0n) is 16.6. The van der Waals surface area contributed by atoms with Gasteiger partial charge < -0.3 is 10.1 Å². The van der Waals surface area contributed by atoms with Gasteiger partial charge in [0.2, 0.25) is 5.91 Å². The number of unbranched alkanes of at least 4 members (excludes halogenated alkanes) is 1. The van der Waals surface area contributed by atoms with Crippen LogP contribution in [0.5, 0.6) is 5.75 Å². The smallest absolute Gasteiger partial charge is 0.221 e. The number of carbonyl (C=O) groups is 1. The minimum absolute atomic E-state index is 0.00673. The molecule has 7 heteroatoms. The summed E-state index contributed by atoms with van der Waals surface area (Å²) in [5.74, 6) is 1.63. The van der Waals surface area contributed by atoms with E-state index >= 15 is 0 Å². The minimum Gasteiger partial charge on any atom is -0.494 e. The van der Waals surface area contributed by atoms with Gasteiger partial charge in [-0.05, 0) is 50.2 Å². The van der Waals surface area contributed by atoms with Crippen molar-refractivity contribution < 1.29 is 9.53 Å². The van der Waals surface area contributed by atoms with Crippen molar-refractivity contribution in [2.45, 2.75) is 32.7 Å². The molecule has 6 nitrogen and oxygen atoms in total. The summed E-state index contributed by atoms with van der Waals surface area (Å²) >= 11 is 5.33. The summed E-state index contributed by atoms with van der Waals surface area (Å²) in [6.45, 7) is 3.80. The Morgan fingerprint density at radius 1 is 1.17 bits per heavy atom. The molecule has 0 aliphatic carbocycles. The van der Waals surface area contributed by atoms with Crippen LogP contribution in [0.15, 0.2) is 54.6 Å². The summed E-state index contributed by atoms with van der Waals surface area (Å²) in [7, 11) is 0. The Bertz CT molecular complexity index is 982. The molecule has 0 fully saturated rings. The van der Waals surface area contributed by atoms with Crippen molar-refractivity contribution in [1.82, 2.24) is 20.1 Å². The van der Waals surface area contributed by atoms with Crippen LogP contribution < -0.4 is 10.1 Å². The van der Waals surface area contributed by atoms with Crippen molar-refractivity contribution in [1.29, 1.82) is 0 Å². The average molecular weight is 411 g/mol. The molecule has 1 aromatic heterocycles. The van der Waals surface area contributed by atoms with Crippen molar-refractivity contribution >= 4 is 18.1 Å². The predicted molar refractivity (Wildman–Crippen MR) is 116 cm³/mol. The molecule has 0 aliphatic rings. The normalized spacial score (nSPS) is 10.7. The van der Waals surface area contributed by atoms with Gasteiger partial charge in [0.25, 0.3) is 0 Å². The molecule has 0 radical (unpaired) electrons. The van der Waals surface area contributed by atoms with Crippen molar-refractivity contribution in [3.05, 3.63) is 64.9 Å². The molecule has 29 heavy (non-hydrogen) atoms. The van der Waals surface area contributed by atoms with Gasteiger partial charge in [-0.15, -0.1) is 0 Å². The molecular formula is C22H26N4O2S. The van der Waals surface area contributed by atoms with Crippen molar-refractivity contribution in [3.8, 4) is 17.1 Å². The van der Waals surface area contributed by atoms with Gasteiger partial charge in [-0.25, -0.2) is 0 Å². The predicted octanol–water partition coefficient (Wildman–Crippen LogP) is 4.28. The number of carbonyl (C=O) groups excluding carboxylic acids is 1. The van der Waals surface area contributed by atoms with Crippen LogP contribution in [0.2, 0.25) is 0 Å². The van der Waals surface area contributed by atoms with E-state index in [1.54, 1.807) is 0 Å². The molecule has 1 amide bonds. The molecule has 0 unspecified atom stereocenters. The minimum atomic E-state index is 0.00673. The Kier molecular flexibility index (Phi) is 7.58. The van der Waals surface area contributed by atoms with Crippen molar-refractivity contribution in [2.24, 2.45) is 0 Å². The van der Waals surface area contributed by atoms with Gasteiger partial charge in [0.05, 0.1) is 6.61 Å². The summed E-state index contributed by atoms with van der Waals surface area (Å²) in [5, 5.41) is 10.1. The third-order valence-electron chi connectivity index (χ3n) is 4.50. The maximum Gasteiger partial charge on any atom is 0.221 e. The third-order valence-corrected chi connectivity index (χ3v) is 4.81. The quantitative estimate of drug-likeness (QED) is 0.386. The van der Waals surface area contributed by atoms with E-state index in [2.05, 4.69) is 21.6 Å². The number of nitrogens with one attached hydrogen (secondary N) is 2. The Labute approximate surface area is 175 Å². The average Bonchev–Trinajstić information content (AvgIpc) is 3.10. The fourth-order valence-electron chi connectivity index (χ4n) is 2.99. The molecule has 0 bridgehead atoms. The highest BCUT2D eigenvalue weighted by molar-refractivity contribution is 7.71. The maximum absolute atomic E-state index is 12.2. The molecule has 2 aromatic carbocycles. The number of para-hydroxylation sites is 1. The number of H-pyrrole nitrogens is 1. The van der Waals surface area contributed by atoms with Gasteiger partial charge in [-0.3, -0.25) is 14.5 Å². The van der Waals surface area contributed by atoms with Crippen LogP contribution in [-0.4, -0.2) is 33.8 Å². The first kappa shape index (κ1) is 20.8. The van der Waals surface area contributed by atoms with Gasteiger partial charge in [-0.1, -0.05) is 42.0 Å². The standard InChI is InChI=1S/C22H26N4O2S/c1-17-8-7-9-18(16-17)21-24-25-22(29)26(21)14-12-20(27)23-13-5-6-15-28-19-10-3-2-4-11-19/h2-4,7-11,16H,5-6,12-15H2,1H3,(H,23,27)(H,25,29). The van der Waals surface area contributed by atoms with E-state index in [-0.39, 0.29) is 5.91 Å². The molecule has 2 N–H and O–H groups in total. The molecule has 0 atom stereocenters. The number of amides is 1. The molecular weight excluding hydrogens is 384 g/mol. The highest BCUT2D eigenvalue weighted by Gasteiger charge is 2.10. The van der Waals surface area contributed by atoms with E-state index in [1.165, 1.54) is 0 Å². The molecule has 1 heterocycles. The van der Waals surface area contributed by atoms with Gasteiger partial charge in [0.15, 0.2) is 10.6 Å². The second-order valence-electron chi connectivity index (χ2n) is 6.84. The SMILES string of the molecule is Cc1cccc(-c2n[nH]c(=S)n2CCC(=O)NCCCCOc2ccccc2)c1. The Hall–Kier alpha value is -2.93. The van der Waals surface area contributed by atoms with E-state index in [0.29, 0.717) is 30.9 Å². The van der Waals surface area contributed by atoms with Gasteiger partial charge in [-0.2, -0.15) is 5.10 Å². The number of hydrogen-bond acceptors (Lipinski definition) is 4. The molecule has 152 valence electrons. The number of ether oxygens (including phenoxy) is 1. The Balaban J connectivity index is 1.40. The van der Waals surface area contributed by atoms with Crippen LogP contribution in [-0.2, 0) is 11.3 Å². The Morgan fingerprint density at radius 3 is 2.79 bits per heavy atom. The summed E-state index contributed by atoms with van der Waals surface area (Å²) in [4.78, 5) is 12.2. The van der Waals surface area contributed by atoms with Crippen LogP contribution in [0.4, 0.5) is 0 Å². The third kappa shape index (κ3) is 6.29. The maximum atomic E-state index is 12.2. The first-order valence-electron chi connectivity index (χ1n) is 9.80. The molecule has 3 aromatic rings. The van der Waals surface area contributed by atoms with Gasteiger partial charge >= 0.3 is 0 Å². The van der Waals surface area contributed by atoms with Crippen LogP contribution >= 0.6 is 12.2 Å². The highest BCUT2D eigenvalue weighted by Crippen LogP contribution is 2.18. The van der Waals surface area contributed by atoms with E-state index in [4.69, 9.17) is 17.0 Å². The number of aryl methyl sites for hydroxylation is 1. The van der Waals surface area contributed by atoms with Gasteiger partial charge in [0.1, 0.15) is 5.75 Å². The van der Waals surface area contributed by atoms with E-state index < -0.39 is 0 Å². The van der Waals surface area contributed by atoms with Crippen LogP contribution in [0.25, 0.3) is 11.4 Å². The second kappa shape index (κ2) is 10.6. The molecule has 0 saturated carbocycles. The first-order valence-corrected chi connectivity index (χ1v) is 10.2. The largest absolute Gasteiger partial charge is 0.494 e. The number of aromatic amines is 1. The first-order chi connectivity index (χ1) is 14.1. The zero-order chi connectivity index (χ0) is 20.5. The topological polar surface area (TPSA) is 71.9 Å². The van der Waals surface area contributed by atoms with Crippen LogP contribution in [0.3, 0.4) is 0 Å². The van der Waals surface area contributed by atoms with Crippen molar-refractivity contribution in [2.75, 3.05) is 13.2 Å². The van der Waals surface area contributed by atoms with E-state index in [1.807, 2.05) is 60.0 Å². The molecule has 0 saturated heterocycles. The van der Waals surface area contributed by atoms with Crippen LogP contribution in [0, 0.1) is 11.7 Å². The molecule has 0 spiro atoms. The highest BCUT2D eigenvalue weighted by atomic mass is 32.1. The zero-order valence-corrected chi connectivity index (χ0v) is 17.4. The Morgan fingerprint density at radius 2 is 2.00 bits per heavy atom. The lowest BCUT2D eigenvalue weighted by atomic mass is 10.1. The summed E-state index contributed by atoms with van der Waals surface area (Å²) < 4.78 is 8.04. The monoisotopic (exact) mass is 410 g/mol. The summed E-state index contributed by atoms with van der Waals surface area (Å²) in [6.07, 6.45) is 2.12. The van der Waals surface area contributed by atoms with Crippen molar-refractivity contribution in [3.63, 3.8) is 0 Å². The number of nitrogens with zero attached hydrogens (tertiary/aromatic N) is 2. The second-order valence-corrected chi connectivity index (χ2v) is 7.23. The van der Waals surface area contributed by atoms with E-state index in [9.17, 15) is 4.79 Å². The lowest BCUT2D eigenvalue weighted by Crippen LogP contribution is -2.25. The molecule has 3 rings (SSSR count). The lowest BCUT2D eigenvalue weighted by molar-refractivity contribution is -0.121. The fraction of sp³-hybridized carbons (Fsp3) is 0.318. The van der Waals surface area contributed by atoms with Crippen LogP contribution in [0.1, 0.15) is 24.8 Å². The lowest BCUT2D eigenvalue weighted by Gasteiger charge is -2.09. The fourth-order valence-corrected chi connectivity index (χ4v) is 3.22. The van der Waals surface area contributed by atoms with E-state index in [0.717, 1.165) is 35.5 Å².